The lowest BCUT2D eigenvalue weighted by Gasteiger charge is -2.20. The summed E-state index contributed by atoms with van der Waals surface area (Å²) >= 11 is 0. The molecule has 6 nitrogen and oxygen atoms in total. The predicted octanol–water partition coefficient (Wildman–Crippen LogP) is 0.761. The SMILES string of the molecule is COC(=O)C1CCCN1C(=O)c1cc(C)no1. The third-order valence-corrected chi connectivity index (χ3v) is 2.83. The van der Waals surface area contributed by atoms with Gasteiger partial charge in [0.2, 0.25) is 5.76 Å². The van der Waals surface area contributed by atoms with E-state index in [-0.39, 0.29) is 17.6 Å². The minimum Gasteiger partial charge on any atom is -0.467 e. The van der Waals surface area contributed by atoms with Crippen molar-refractivity contribution in [2.45, 2.75) is 25.8 Å². The Morgan fingerprint density at radius 3 is 2.94 bits per heavy atom. The fraction of sp³-hybridized carbons (Fsp3) is 0.545. The highest BCUT2D eigenvalue weighted by molar-refractivity contribution is 5.94. The summed E-state index contributed by atoms with van der Waals surface area (Å²) in [6, 6.07) is 1.06. The van der Waals surface area contributed by atoms with E-state index < -0.39 is 6.04 Å². The molecule has 0 aromatic carbocycles. The van der Waals surface area contributed by atoms with Crippen molar-refractivity contribution in [3.8, 4) is 0 Å². The molecule has 1 aromatic rings. The van der Waals surface area contributed by atoms with Crippen LogP contribution in [0.5, 0.6) is 0 Å². The molecule has 1 amide bonds. The molecular formula is C11H14N2O4. The van der Waals surface area contributed by atoms with Crippen LogP contribution in [0.2, 0.25) is 0 Å². The number of hydrogen-bond acceptors (Lipinski definition) is 5. The zero-order valence-corrected chi connectivity index (χ0v) is 9.80. The first-order valence-electron chi connectivity index (χ1n) is 5.45. The summed E-state index contributed by atoms with van der Waals surface area (Å²) < 4.78 is 9.58. The summed E-state index contributed by atoms with van der Waals surface area (Å²) in [5.41, 5.74) is 0.641. The van der Waals surface area contributed by atoms with Gasteiger partial charge in [0.25, 0.3) is 5.91 Å². The molecule has 17 heavy (non-hydrogen) atoms. The molecule has 0 saturated carbocycles. The van der Waals surface area contributed by atoms with Gasteiger partial charge in [-0.05, 0) is 19.8 Å². The third kappa shape index (κ3) is 2.15. The van der Waals surface area contributed by atoms with E-state index in [2.05, 4.69) is 9.89 Å². The molecule has 1 fully saturated rings. The number of hydrogen-bond donors (Lipinski definition) is 0. The van der Waals surface area contributed by atoms with Gasteiger partial charge in [0.15, 0.2) is 0 Å². The fourth-order valence-corrected chi connectivity index (χ4v) is 2.00. The van der Waals surface area contributed by atoms with Gasteiger partial charge in [0, 0.05) is 12.6 Å². The average Bonchev–Trinajstić information content (AvgIpc) is 2.95. The number of esters is 1. The number of ether oxygens (including phenoxy) is 1. The Labute approximate surface area is 98.5 Å². The number of aryl methyl sites for hydroxylation is 1. The van der Waals surface area contributed by atoms with Crippen LogP contribution in [0.15, 0.2) is 10.6 Å². The van der Waals surface area contributed by atoms with E-state index in [1.54, 1.807) is 13.0 Å². The van der Waals surface area contributed by atoms with Crippen molar-refractivity contribution in [2.24, 2.45) is 0 Å². The summed E-state index contributed by atoms with van der Waals surface area (Å²) in [6.45, 7) is 2.28. The van der Waals surface area contributed by atoms with Crippen LogP contribution in [-0.2, 0) is 9.53 Å². The highest BCUT2D eigenvalue weighted by Gasteiger charge is 2.36. The second kappa shape index (κ2) is 4.57. The van der Waals surface area contributed by atoms with Gasteiger partial charge < -0.3 is 14.2 Å². The number of aromatic nitrogens is 1. The van der Waals surface area contributed by atoms with Crippen LogP contribution >= 0.6 is 0 Å². The van der Waals surface area contributed by atoms with E-state index >= 15 is 0 Å². The van der Waals surface area contributed by atoms with Crippen LogP contribution in [-0.4, -0.2) is 41.6 Å². The Kier molecular flexibility index (Phi) is 3.12. The number of carbonyl (C=O) groups is 2. The largest absolute Gasteiger partial charge is 0.467 e. The van der Waals surface area contributed by atoms with Crippen molar-refractivity contribution < 1.29 is 18.8 Å². The van der Waals surface area contributed by atoms with Gasteiger partial charge in [-0.3, -0.25) is 4.79 Å². The first kappa shape index (κ1) is 11.6. The number of nitrogens with zero attached hydrogens (tertiary/aromatic N) is 2. The zero-order chi connectivity index (χ0) is 12.4. The summed E-state index contributed by atoms with van der Waals surface area (Å²) in [7, 11) is 1.32. The summed E-state index contributed by atoms with van der Waals surface area (Å²) in [6.07, 6.45) is 1.42. The molecule has 1 aliphatic heterocycles. The monoisotopic (exact) mass is 238 g/mol. The normalized spacial score (nSPS) is 19.4. The number of amides is 1. The molecule has 0 spiro atoms. The van der Waals surface area contributed by atoms with Gasteiger partial charge in [-0.2, -0.15) is 0 Å². The Morgan fingerprint density at radius 1 is 1.59 bits per heavy atom. The Bertz CT molecular complexity index is 440. The second-order valence-electron chi connectivity index (χ2n) is 4.01. The highest BCUT2D eigenvalue weighted by atomic mass is 16.5. The van der Waals surface area contributed by atoms with Crippen LogP contribution < -0.4 is 0 Å². The second-order valence-corrected chi connectivity index (χ2v) is 4.01. The minimum absolute atomic E-state index is 0.165. The number of methoxy groups -OCH3 is 1. The first-order chi connectivity index (χ1) is 8.13. The molecule has 0 bridgehead atoms. The molecule has 0 radical (unpaired) electrons. The van der Waals surface area contributed by atoms with Crippen molar-refractivity contribution in [1.29, 1.82) is 0 Å². The summed E-state index contributed by atoms with van der Waals surface area (Å²) in [5, 5.41) is 3.66. The maximum atomic E-state index is 12.1. The molecule has 1 aromatic heterocycles. The van der Waals surface area contributed by atoms with Crippen LogP contribution in [0.1, 0.15) is 29.1 Å². The van der Waals surface area contributed by atoms with Crippen molar-refractivity contribution in [1.82, 2.24) is 10.1 Å². The lowest BCUT2D eigenvalue weighted by molar-refractivity contribution is -0.145. The maximum absolute atomic E-state index is 12.1. The molecular weight excluding hydrogens is 224 g/mol. The van der Waals surface area contributed by atoms with Crippen LogP contribution in [0.25, 0.3) is 0 Å². The standard InChI is InChI=1S/C11H14N2O4/c1-7-6-9(17-12-7)10(14)13-5-3-4-8(13)11(15)16-2/h6,8H,3-5H2,1-2H3. The molecule has 1 unspecified atom stereocenters. The van der Waals surface area contributed by atoms with Gasteiger partial charge in [0.05, 0.1) is 12.8 Å². The average molecular weight is 238 g/mol. The quantitative estimate of drug-likeness (QED) is 0.711. The molecule has 92 valence electrons. The molecule has 0 aliphatic carbocycles. The van der Waals surface area contributed by atoms with Crippen molar-refractivity contribution in [2.75, 3.05) is 13.7 Å². The van der Waals surface area contributed by atoms with E-state index in [9.17, 15) is 9.59 Å². The number of carbonyl (C=O) groups excluding carboxylic acids is 2. The van der Waals surface area contributed by atoms with Gasteiger partial charge in [-0.15, -0.1) is 0 Å². The Morgan fingerprint density at radius 2 is 2.35 bits per heavy atom. The molecule has 1 atom stereocenters. The summed E-state index contributed by atoms with van der Waals surface area (Å²) in [5.74, 6) is -0.524. The zero-order valence-electron chi connectivity index (χ0n) is 9.80. The minimum atomic E-state index is -0.502. The van der Waals surface area contributed by atoms with Crippen molar-refractivity contribution >= 4 is 11.9 Å². The van der Waals surface area contributed by atoms with Crippen molar-refractivity contribution in [3.63, 3.8) is 0 Å². The molecule has 2 rings (SSSR count). The lowest BCUT2D eigenvalue weighted by Crippen LogP contribution is -2.40. The van der Waals surface area contributed by atoms with E-state index in [1.807, 2.05) is 0 Å². The Hall–Kier alpha value is -1.85. The van der Waals surface area contributed by atoms with Gasteiger partial charge in [0.1, 0.15) is 6.04 Å². The molecule has 6 heteroatoms. The molecule has 0 N–H and O–H groups in total. The topological polar surface area (TPSA) is 72.6 Å². The van der Waals surface area contributed by atoms with E-state index in [4.69, 9.17) is 4.52 Å². The summed E-state index contributed by atoms with van der Waals surface area (Å²) in [4.78, 5) is 25.1. The maximum Gasteiger partial charge on any atom is 0.328 e. The predicted molar refractivity (Wildman–Crippen MR) is 57.3 cm³/mol. The van der Waals surface area contributed by atoms with E-state index in [0.717, 1.165) is 6.42 Å². The molecule has 1 aliphatic rings. The van der Waals surface area contributed by atoms with Crippen LogP contribution in [0, 0.1) is 6.92 Å². The number of rotatable bonds is 2. The van der Waals surface area contributed by atoms with Crippen LogP contribution in [0.3, 0.4) is 0 Å². The van der Waals surface area contributed by atoms with Gasteiger partial charge in [-0.25, -0.2) is 4.79 Å². The van der Waals surface area contributed by atoms with E-state index in [1.165, 1.54) is 12.0 Å². The lowest BCUT2D eigenvalue weighted by atomic mass is 10.2. The fourth-order valence-electron chi connectivity index (χ4n) is 2.00. The first-order valence-corrected chi connectivity index (χ1v) is 5.45. The van der Waals surface area contributed by atoms with Gasteiger partial charge in [-0.1, -0.05) is 5.16 Å². The van der Waals surface area contributed by atoms with Crippen molar-refractivity contribution in [3.05, 3.63) is 17.5 Å². The Balaban J connectivity index is 2.16. The number of likely N-dealkylation sites (tertiary alicyclic amines) is 1. The van der Waals surface area contributed by atoms with Gasteiger partial charge >= 0.3 is 5.97 Å². The third-order valence-electron chi connectivity index (χ3n) is 2.83. The molecule has 1 saturated heterocycles. The smallest absolute Gasteiger partial charge is 0.328 e. The van der Waals surface area contributed by atoms with E-state index in [0.29, 0.717) is 18.7 Å². The molecule has 2 heterocycles. The highest BCUT2D eigenvalue weighted by Crippen LogP contribution is 2.21. The van der Waals surface area contributed by atoms with Crippen LogP contribution in [0.4, 0.5) is 0 Å².